The minimum Gasteiger partial charge on any atom is -0.459 e. The van der Waals surface area contributed by atoms with E-state index < -0.39 is 0 Å². The lowest BCUT2D eigenvalue weighted by Gasteiger charge is -2.31. The highest BCUT2D eigenvalue weighted by molar-refractivity contribution is 5.93. The van der Waals surface area contributed by atoms with Crippen LogP contribution in [0.5, 0.6) is 0 Å². The van der Waals surface area contributed by atoms with Crippen molar-refractivity contribution < 1.29 is 14.0 Å². The summed E-state index contributed by atoms with van der Waals surface area (Å²) in [6, 6.07) is 11.8. The quantitative estimate of drug-likeness (QED) is 0.858. The fraction of sp³-hybridized carbons (Fsp3) is 0.400. The van der Waals surface area contributed by atoms with Crippen molar-refractivity contribution in [3.05, 3.63) is 59.5 Å². The predicted octanol–water partition coefficient (Wildman–Crippen LogP) is 3.24. The molecule has 0 bridgehead atoms. The van der Waals surface area contributed by atoms with E-state index in [2.05, 4.69) is 6.92 Å². The molecule has 0 spiro atoms. The normalized spacial score (nSPS) is 18.3. The van der Waals surface area contributed by atoms with E-state index in [0.717, 1.165) is 17.5 Å². The van der Waals surface area contributed by atoms with Gasteiger partial charge in [-0.1, -0.05) is 37.3 Å². The van der Waals surface area contributed by atoms with Crippen LogP contribution in [-0.4, -0.2) is 40.7 Å². The summed E-state index contributed by atoms with van der Waals surface area (Å²) in [6.45, 7) is 5.47. The highest BCUT2D eigenvalue weighted by Crippen LogP contribution is 2.20. The van der Waals surface area contributed by atoms with E-state index in [0.29, 0.717) is 31.8 Å². The van der Waals surface area contributed by atoms with Crippen molar-refractivity contribution in [2.45, 2.75) is 39.3 Å². The molecule has 2 heterocycles. The molecule has 2 aromatic rings. The van der Waals surface area contributed by atoms with E-state index in [-0.39, 0.29) is 17.9 Å². The summed E-state index contributed by atoms with van der Waals surface area (Å²) >= 11 is 0. The summed E-state index contributed by atoms with van der Waals surface area (Å²) in [5, 5.41) is 0. The van der Waals surface area contributed by atoms with Gasteiger partial charge in [0.25, 0.3) is 5.91 Å². The Labute approximate surface area is 148 Å². The number of carbonyl (C=O) groups is 2. The molecule has 1 aliphatic heterocycles. The molecule has 132 valence electrons. The number of rotatable bonds is 4. The van der Waals surface area contributed by atoms with Gasteiger partial charge in [0, 0.05) is 37.7 Å². The van der Waals surface area contributed by atoms with E-state index in [4.69, 9.17) is 4.42 Å². The van der Waals surface area contributed by atoms with Crippen LogP contribution in [0.15, 0.2) is 47.1 Å². The zero-order chi connectivity index (χ0) is 17.8. The predicted molar refractivity (Wildman–Crippen MR) is 95.0 cm³/mol. The zero-order valence-electron chi connectivity index (χ0n) is 14.8. The third kappa shape index (κ3) is 3.76. The lowest BCUT2D eigenvalue weighted by Crippen LogP contribution is -2.43. The van der Waals surface area contributed by atoms with Crippen molar-refractivity contribution in [1.82, 2.24) is 9.80 Å². The maximum absolute atomic E-state index is 12.8. The van der Waals surface area contributed by atoms with Gasteiger partial charge in [-0.25, -0.2) is 0 Å². The molecule has 0 saturated carbocycles. The van der Waals surface area contributed by atoms with Gasteiger partial charge in [-0.3, -0.25) is 9.59 Å². The molecular weight excluding hydrogens is 316 g/mol. The summed E-state index contributed by atoms with van der Waals surface area (Å²) in [6.07, 6.45) is 2.68. The van der Waals surface area contributed by atoms with Crippen LogP contribution in [0, 0.1) is 6.92 Å². The minimum absolute atomic E-state index is 0.00873. The fourth-order valence-corrected chi connectivity index (χ4v) is 3.29. The number of nitrogens with zero attached hydrogens (tertiary/aromatic N) is 2. The highest BCUT2D eigenvalue weighted by atomic mass is 16.3. The molecule has 0 unspecified atom stereocenters. The first-order valence-electron chi connectivity index (χ1n) is 8.77. The van der Waals surface area contributed by atoms with Crippen molar-refractivity contribution >= 4 is 11.8 Å². The SMILES string of the molecule is CC[C@H]1CN(C(=O)c2occc2C)CCC(=O)N1Cc1ccccc1. The minimum atomic E-state index is -0.129. The zero-order valence-corrected chi connectivity index (χ0v) is 14.8. The Morgan fingerprint density at radius 3 is 2.64 bits per heavy atom. The molecule has 1 saturated heterocycles. The van der Waals surface area contributed by atoms with Crippen molar-refractivity contribution in [2.75, 3.05) is 13.1 Å². The fourth-order valence-electron chi connectivity index (χ4n) is 3.29. The number of amides is 2. The number of furan rings is 1. The van der Waals surface area contributed by atoms with Gasteiger partial charge in [0.15, 0.2) is 5.76 Å². The van der Waals surface area contributed by atoms with Crippen LogP contribution in [-0.2, 0) is 11.3 Å². The van der Waals surface area contributed by atoms with Gasteiger partial charge in [0.2, 0.25) is 5.91 Å². The summed E-state index contributed by atoms with van der Waals surface area (Å²) < 4.78 is 5.35. The molecule has 0 aliphatic carbocycles. The van der Waals surface area contributed by atoms with E-state index in [1.807, 2.05) is 42.2 Å². The Balaban J connectivity index is 1.79. The van der Waals surface area contributed by atoms with Gasteiger partial charge in [0.05, 0.1) is 6.26 Å². The monoisotopic (exact) mass is 340 g/mol. The van der Waals surface area contributed by atoms with Gasteiger partial charge in [-0.2, -0.15) is 0 Å². The topological polar surface area (TPSA) is 53.8 Å². The average Bonchev–Trinajstić information content (AvgIpc) is 2.99. The van der Waals surface area contributed by atoms with E-state index in [1.54, 1.807) is 11.0 Å². The molecule has 25 heavy (non-hydrogen) atoms. The molecule has 0 radical (unpaired) electrons. The van der Waals surface area contributed by atoms with Gasteiger partial charge in [-0.15, -0.1) is 0 Å². The smallest absolute Gasteiger partial charge is 0.289 e. The molecule has 5 nitrogen and oxygen atoms in total. The first-order valence-corrected chi connectivity index (χ1v) is 8.77. The number of benzene rings is 1. The Hall–Kier alpha value is -2.56. The average molecular weight is 340 g/mol. The maximum Gasteiger partial charge on any atom is 0.289 e. The number of hydrogen-bond donors (Lipinski definition) is 0. The molecule has 5 heteroatoms. The summed E-state index contributed by atoms with van der Waals surface area (Å²) in [5.41, 5.74) is 1.94. The van der Waals surface area contributed by atoms with Crippen LogP contribution >= 0.6 is 0 Å². The maximum atomic E-state index is 12.8. The number of aryl methyl sites for hydroxylation is 1. The molecule has 1 aliphatic rings. The van der Waals surface area contributed by atoms with E-state index in [1.165, 1.54) is 6.26 Å². The molecule has 1 aromatic carbocycles. The van der Waals surface area contributed by atoms with Crippen LogP contribution < -0.4 is 0 Å². The summed E-state index contributed by atoms with van der Waals surface area (Å²) in [4.78, 5) is 29.1. The molecule has 1 atom stereocenters. The van der Waals surface area contributed by atoms with Gasteiger partial charge in [-0.05, 0) is 25.0 Å². The summed E-state index contributed by atoms with van der Waals surface area (Å²) in [7, 11) is 0. The Morgan fingerprint density at radius 2 is 2.00 bits per heavy atom. The van der Waals surface area contributed by atoms with Crippen molar-refractivity contribution in [1.29, 1.82) is 0 Å². The Kier molecular flexibility index (Phi) is 5.22. The van der Waals surface area contributed by atoms with Crippen LogP contribution in [0.2, 0.25) is 0 Å². The number of hydrogen-bond acceptors (Lipinski definition) is 3. The third-order valence-electron chi connectivity index (χ3n) is 4.80. The molecule has 2 amide bonds. The van der Waals surface area contributed by atoms with Gasteiger partial charge >= 0.3 is 0 Å². The van der Waals surface area contributed by atoms with Crippen LogP contribution in [0.25, 0.3) is 0 Å². The molecule has 1 fully saturated rings. The van der Waals surface area contributed by atoms with Crippen molar-refractivity contribution in [2.24, 2.45) is 0 Å². The van der Waals surface area contributed by atoms with Gasteiger partial charge in [0.1, 0.15) is 0 Å². The van der Waals surface area contributed by atoms with Crippen LogP contribution in [0.4, 0.5) is 0 Å². The highest BCUT2D eigenvalue weighted by Gasteiger charge is 2.32. The van der Waals surface area contributed by atoms with E-state index in [9.17, 15) is 9.59 Å². The largest absolute Gasteiger partial charge is 0.459 e. The van der Waals surface area contributed by atoms with Crippen LogP contribution in [0.3, 0.4) is 0 Å². The second-order valence-electron chi connectivity index (χ2n) is 6.50. The Bertz CT molecular complexity index is 738. The lowest BCUT2D eigenvalue weighted by molar-refractivity contribution is -0.133. The molecule has 3 rings (SSSR count). The number of carbonyl (C=O) groups excluding carboxylic acids is 2. The Morgan fingerprint density at radius 1 is 1.24 bits per heavy atom. The van der Waals surface area contributed by atoms with E-state index >= 15 is 0 Å². The molecular formula is C20H24N2O3. The third-order valence-corrected chi connectivity index (χ3v) is 4.80. The van der Waals surface area contributed by atoms with Gasteiger partial charge < -0.3 is 14.2 Å². The standard InChI is InChI=1S/C20H24N2O3/c1-3-17-14-21(20(24)19-15(2)10-12-25-19)11-9-18(23)22(17)13-16-7-5-4-6-8-16/h4-8,10,12,17H,3,9,11,13-14H2,1-2H3/t17-/m0/s1. The summed E-state index contributed by atoms with van der Waals surface area (Å²) in [5.74, 6) is 0.344. The second kappa shape index (κ2) is 7.55. The molecule has 0 N–H and O–H groups in total. The van der Waals surface area contributed by atoms with Crippen molar-refractivity contribution in [3.63, 3.8) is 0 Å². The molecule has 1 aromatic heterocycles. The van der Waals surface area contributed by atoms with Crippen LogP contribution in [0.1, 0.15) is 41.4 Å². The lowest BCUT2D eigenvalue weighted by atomic mass is 10.1. The first kappa shape index (κ1) is 17.3. The second-order valence-corrected chi connectivity index (χ2v) is 6.50. The first-order chi connectivity index (χ1) is 12.1. The van der Waals surface area contributed by atoms with Crippen molar-refractivity contribution in [3.8, 4) is 0 Å².